The minimum Gasteiger partial charge on any atom is -0.497 e. The molecule has 2 aromatic carbocycles. The zero-order valence-electron chi connectivity index (χ0n) is 10.8. The topological polar surface area (TPSA) is 21.3 Å². The summed E-state index contributed by atoms with van der Waals surface area (Å²) in [6.45, 7) is 1.92. The van der Waals surface area contributed by atoms with Gasteiger partial charge in [0, 0.05) is 21.8 Å². The first-order valence-electron chi connectivity index (χ1n) is 5.96. The van der Waals surface area contributed by atoms with Gasteiger partial charge in [0.05, 0.1) is 13.2 Å². The number of anilines is 1. The highest BCUT2D eigenvalue weighted by Crippen LogP contribution is 2.28. The molecule has 0 heterocycles. The molecule has 0 amide bonds. The highest BCUT2D eigenvalue weighted by atomic mass is 79.9. The molecule has 2 nitrogen and oxygen atoms in total. The van der Waals surface area contributed by atoms with Crippen molar-refractivity contribution in [3.63, 3.8) is 0 Å². The smallest absolute Gasteiger partial charge is 0.132 e. The zero-order valence-corrected chi connectivity index (χ0v) is 12.4. The largest absolute Gasteiger partial charge is 0.497 e. The van der Waals surface area contributed by atoms with Gasteiger partial charge in [-0.05, 0) is 41.1 Å². The average Bonchev–Trinajstić information content (AvgIpc) is 2.41. The molecular weight excluding hydrogens is 309 g/mol. The van der Waals surface area contributed by atoms with Crippen molar-refractivity contribution >= 4 is 21.6 Å². The second-order valence-electron chi connectivity index (χ2n) is 4.23. The van der Waals surface area contributed by atoms with Crippen LogP contribution in [0.25, 0.3) is 0 Å². The van der Waals surface area contributed by atoms with Gasteiger partial charge in [0.1, 0.15) is 11.6 Å². The van der Waals surface area contributed by atoms with Crippen LogP contribution in [0.3, 0.4) is 0 Å². The highest BCUT2D eigenvalue weighted by Gasteiger charge is 2.12. The van der Waals surface area contributed by atoms with Crippen LogP contribution in [0, 0.1) is 5.82 Å². The molecule has 0 saturated carbocycles. The van der Waals surface area contributed by atoms with Crippen LogP contribution in [0.1, 0.15) is 18.5 Å². The first-order chi connectivity index (χ1) is 9.11. The van der Waals surface area contributed by atoms with E-state index < -0.39 is 0 Å². The van der Waals surface area contributed by atoms with Gasteiger partial charge in [0.15, 0.2) is 0 Å². The molecule has 0 bridgehead atoms. The maximum absolute atomic E-state index is 14.0. The molecule has 100 valence electrons. The lowest BCUT2D eigenvalue weighted by Crippen LogP contribution is -2.09. The molecule has 1 atom stereocenters. The molecular formula is C15H15BrFNO. The fraction of sp³-hybridized carbons (Fsp3) is 0.200. The van der Waals surface area contributed by atoms with Crippen molar-refractivity contribution in [3.8, 4) is 5.75 Å². The third-order valence-corrected chi connectivity index (χ3v) is 3.61. The van der Waals surface area contributed by atoms with E-state index in [0.717, 1.165) is 10.2 Å². The molecule has 1 N–H and O–H groups in total. The van der Waals surface area contributed by atoms with Crippen molar-refractivity contribution in [2.45, 2.75) is 13.0 Å². The SMILES string of the molecule is COc1ccc(C(C)Nc2ccccc2Br)c(F)c1. The van der Waals surface area contributed by atoms with Gasteiger partial charge < -0.3 is 10.1 Å². The summed E-state index contributed by atoms with van der Waals surface area (Å²) in [5.74, 6) is 0.251. The minimum atomic E-state index is -0.272. The van der Waals surface area contributed by atoms with Crippen molar-refractivity contribution in [1.29, 1.82) is 0 Å². The summed E-state index contributed by atoms with van der Waals surface area (Å²) in [6, 6.07) is 12.5. The molecule has 0 aliphatic carbocycles. The first-order valence-corrected chi connectivity index (χ1v) is 6.75. The summed E-state index contributed by atoms with van der Waals surface area (Å²) < 4.78 is 19.9. The van der Waals surface area contributed by atoms with E-state index in [-0.39, 0.29) is 11.9 Å². The van der Waals surface area contributed by atoms with E-state index in [1.54, 1.807) is 12.1 Å². The Hall–Kier alpha value is -1.55. The van der Waals surface area contributed by atoms with Crippen molar-refractivity contribution in [3.05, 3.63) is 58.3 Å². The van der Waals surface area contributed by atoms with Crippen LogP contribution >= 0.6 is 15.9 Å². The fourth-order valence-corrected chi connectivity index (χ4v) is 2.27. The average molecular weight is 324 g/mol. The Labute approximate surface area is 120 Å². The van der Waals surface area contributed by atoms with E-state index in [4.69, 9.17) is 4.74 Å². The van der Waals surface area contributed by atoms with Gasteiger partial charge in [-0.3, -0.25) is 0 Å². The Morgan fingerprint density at radius 1 is 1.21 bits per heavy atom. The van der Waals surface area contributed by atoms with E-state index in [1.807, 2.05) is 31.2 Å². The van der Waals surface area contributed by atoms with Gasteiger partial charge in [-0.15, -0.1) is 0 Å². The Balaban J connectivity index is 2.21. The predicted molar refractivity (Wildman–Crippen MR) is 79.1 cm³/mol. The van der Waals surface area contributed by atoms with Gasteiger partial charge in [0.25, 0.3) is 0 Å². The quantitative estimate of drug-likeness (QED) is 0.875. The lowest BCUT2D eigenvalue weighted by Gasteiger charge is -2.17. The number of benzene rings is 2. The molecule has 0 radical (unpaired) electrons. The van der Waals surface area contributed by atoms with Gasteiger partial charge in [-0.1, -0.05) is 18.2 Å². The standard InChI is InChI=1S/C15H15BrFNO/c1-10(18-15-6-4-3-5-13(15)16)12-8-7-11(19-2)9-14(12)17/h3-10,18H,1-2H3. The monoisotopic (exact) mass is 323 g/mol. The van der Waals surface area contributed by atoms with Crippen LogP contribution in [0.5, 0.6) is 5.75 Å². The predicted octanol–water partition coefficient (Wildman–Crippen LogP) is 4.77. The molecule has 0 aliphatic heterocycles. The summed E-state index contributed by atoms with van der Waals surface area (Å²) in [5.41, 5.74) is 1.54. The maximum atomic E-state index is 14.0. The first kappa shape index (κ1) is 13.9. The van der Waals surface area contributed by atoms with Crippen LogP contribution < -0.4 is 10.1 Å². The Bertz CT molecular complexity index is 574. The van der Waals surface area contributed by atoms with E-state index in [2.05, 4.69) is 21.2 Å². The molecule has 0 aromatic heterocycles. The van der Waals surface area contributed by atoms with Gasteiger partial charge in [0.2, 0.25) is 0 Å². The number of para-hydroxylation sites is 1. The van der Waals surface area contributed by atoms with Crippen LogP contribution in [-0.4, -0.2) is 7.11 Å². The van der Waals surface area contributed by atoms with Crippen molar-refractivity contribution in [2.24, 2.45) is 0 Å². The molecule has 2 aromatic rings. The summed E-state index contributed by atoms with van der Waals surface area (Å²) >= 11 is 3.46. The van der Waals surface area contributed by atoms with Crippen molar-refractivity contribution in [1.82, 2.24) is 0 Å². The van der Waals surface area contributed by atoms with Crippen LogP contribution in [0.2, 0.25) is 0 Å². The molecule has 0 spiro atoms. The van der Waals surface area contributed by atoms with Gasteiger partial charge in [-0.2, -0.15) is 0 Å². The number of hydrogen-bond acceptors (Lipinski definition) is 2. The third-order valence-electron chi connectivity index (χ3n) is 2.92. The third kappa shape index (κ3) is 3.26. The fourth-order valence-electron chi connectivity index (χ4n) is 1.88. The molecule has 19 heavy (non-hydrogen) atoms. The van der Waals surface area contributed by atoms with E-state index in [0.29, 0.717) is 11.3 Å². The van der Waals surface area contributed by atoms with Crippen LogP contribution in [0.15, 0.2) is 46.9 Å². The summed E-state index contributed by atoms with van der Waals surface area (Å²) in [5, 5.41) is 3.28. The Morgan fingerprint density at radius 2 is 1.95 bits per heavy atom. The lowest BCUT2D eigenvalue weighted by molar-refractivity contribution is 0.410. The van der Waals surface area contributed by atoms with Crippen LogP contribution in [0.4, 0.5) is 10.1 Å². The Kier molecular flexibility index (Phi) is 4.43. The molecule has 1 unspecified atom stereocenters. The minimum absolute atomic E-state index is 0.135. The normalized spacial score (nSPS) is 12.0. The number of hydrogen-bond donors (Lipinski definition) is 1. The van der Waals surface area contributed by atoms with Crippen molar-refractivity contribution < 1.29 is 9.13 Å². The van der Waals surface area contributed by atoms with E-state index in [1.165, 1.54) is 13.2 Å². The van der Waals surface area contributed by atoms with E-state index >= 15 is 0 Å². The number of methoxy groups -OCH3 is 1. The highest BCUT2D eigenvalue weighted by molar-refractivity contribution is 9.10. The molecule has 0 aliphatic rings. The number of halogens is 2. The summed E-state index contributed by atoms with van der Waals surface area (Å²) in [7, 11) is 1.53. The molecule has 0 saturated heterocycles. The molecule has 4 heteroatoms. The van der Waals surface area contributed by atoms with Gasteiger partial charge in [-0.25, -0.2) is 4.39 Å². The number of nitrogens with one attached hydrogen (secondary N) is 1. The second kappa shape index (κ2) is 6.06. The maximum Gasteiger partial charge on any atom is 0.132 e. The second-order valence-corrected chi connectivity index (χ2v) is 5.09. The number of rotatable bonds is 4. The zero-order chi connectivity index (χ0) is 13.8. The Morgan fingerprint density at radius 3 is 2.58 bits per heavy atom. The summed E-state index contributed by atoms with van der Waals surface area (Å²) in [4.78, 5) is 0. The molecule has 0 fully saturated rings. The van der Waals surface area contributed by atoms with Crippen molar-refractivity contribution in [2.75, 3.05) is 12.4 Å². The lowest BCUT2D eigenvalue weighted by atomic mass is 10.1. The van der Waals surface area contributed by atoms with Gasteiger partial charge >= 0.3 is 0 Å². The summed E-state index contributed by atoms with van der Waals surface area (Å²) in [6.07, 6.45) is 0. The molecule has 2 rings (SSSR count). The van der Waals surface area contributed by atoms with Crippen LogP contribution in [-0.2, 0) is 0 Å². The van der Waals surface area contributed by atoms with E-state index in [9.17, 15) is 4.39 Å². The number of ether oxygens (including phenoxy) is 1.